The number of halogens is 1. The van der Waals surface area contributed by atoms with Crippen molar-refractivity contribution < 1.29 is 9.90 Å². The molecule has 0 radical (unpaired) electrons. The fourth-order valence-electron chi connectivity index (χ4n) is 1.50. The Hall–Kier alpha value is -0.680. The first kappa shape index (κ1) is 14.4. The van der Waals surface area contributed by atoms with E-state index in [-0.39, 0.29) is 0 Å². The van der Waals surface area contributed by atoms with E-state index in [0.29, 0.717) is 17.3 Å². The minimum absolute atomic E-state index is 0.296. The maximum absolute atomic E-state index is 11.1. The second-order valence-corrected chi connectivity index (χ2v) is 5.53. The predicted molar refractivity (Wildman–Crippen MR) is 77.2 cm³/mol. The highest BCUT2D eigenvalue weighted by atomic mass is 79.9. The maximum atomic E-state index is 11.1. The number of rotatable bonds is 6. The van der Waals surface area contributed by atoms with Crippen LogP contribution < -0.4 is 5.32 Å². The lowest BCUT2D eigenvalue weighted by molar-refractivity contribution is 0.0698. The van der Waals surface area contributed by atoms with E-state index in [2.05, 4.69) is 28.2 Å². The average molecular weight is 318 g/mol. The van der Waals surface area contributed by atoms with Crippen LogP contribution in [-0.2, 0) is 0 Å². The van der Waals surface area contributed by atoms with Gasteiger partial charge in [0.1, 0.15) is 0 Å². The van der Waals surface area contributed by atoms with Crippen molar-refractivity contribution in [1.29, 1.82) is 0 Å². The molecule has 5 heteroatoms. The van der Waals surface area contributed by atoms with Crippen LogP contribution in [0.2, 0.25) is 0 Å². The summed E-state index contributed by atoms with van der Waals surface area (Å²) in [6.07, 6.45) is 3.01. The van der Waals surface area contributed by atoms with Gasteiger partial charge in [-0.1, -0.05) is 22.9 Å². The molecule has 1 rings (SSSR count). The number of thioether (sulfide) groups is 1. The number of carboxylic acids is 1. The van der Waals surface area contributed by atoms with Gasteiger partial charge in [-0.3, -0.25) is 0 Å². The van der Waals surface area contributed by atoms with Gasteiger partial charge in [0.15, 0.2) is 0 Å². The molecule has 0 saturated heterocycles. The molecule has 1 unspecified atom stereocenters. The standard InChI is InChI=1S/C12H16BrNO2S/c1-3-9(7-17-2)14-11-5-4-8(13)6-10(11)12(15)16/h4-6,9,14H,3,7H2,1-2H3,(H,15,16). The molecule has 0 aromatic heterocycles. The van der Waals surface area contributed by atoms with Gasteiger partial charge in [-0.05, 0) is 30.9 Å². The first-order chi connectivity index (χ1) is 8.08. The van der Waals surface area contributed by atoms with Crippen molar-refractivity contribution in [2.75, 3.05) is 17.3 Å². The van der Waals surface area contributed by atoms with Crippen LogP contribution in [0.5, 0.6) is 0 Å². The molecule has 1 aromatic rings. The molecule has 2 N–H and O–H groups in total. The zero-order chi connectivity index (χ0) is 12.8. The van der Waals surface area contributed by atoms with Crippen molar-refractivity contribution in [3.05, 3.63) is 28.2 Å². The third-order valence-electron chi connectivity index (χ3n) is 2.43. The third-order valence-corrected chi connectivity index (χ3v) is 3.66. The predicted octanol–water partition coefficient (Wildman–Crippen LogP) is 3.70. The van der Waals surface area contributed by atoms with Crippen LogP contribution in [0.15, 0.2) is 22.7 Å². The van der Waals surface area contributed by atoms with Crippen molar-refractivity contribution in [3.8, 4) is 0 Å². The first-order valence-electron chi connectivity index (χ1n) is 5.36. The Labute approximate surface area is 114 Å². The molecule has 1 aromatic carbocycles. The minimum Gasteiger partial charge on any atom is -0.478 e. The fraction of sp³-hybridized carbons (Fsp3) is 0.417. The largest absolute Gasteiger partial charge is 0.478 e. The smallest absolute Gasteiger partial charge is 0.337 e. The number of hydrogen-bond donors (Lipinski definition) is 2. The number of hydrogen-bond acceptors (Lipinski definition) is 3. The van der Waals surface area contributed by atoms with Crippen LogP contribution in [0.3, 0.4) is 0 Å². The maximum Gasteiger partial charge on any atom is 0.337 e. The molecular formula is C12H16BrNO2S. The van der Waals surface area contributed by atoms with Gasteiger partial charge in [0.05, 0.1) is 5.56 Å². The van der Waals surface area contributed by atoms with E-state index in [9.17, 15) is 4.79 Å². The van der Waals surface area contributed by atoms with Crippen molar-refractivity contribution in [1.82, 2.24) is 0 Å². The molecule has 17 heavy (non-hydrogen) atoms. The SMILES string of the molecule is CCC(CSC)Nc1ccc(Br)cc1C(=O)O. The lowest BCUT2D eigenvalue weighted by Gasteiger charge is -2.18. The van der Waals surface area contributed by atoms with E-state index >= 15 is 0 Å². The topological polar surface area (TPSA) is 49.3 Å². The lowest BCUT2D eigenvalue weighted by Crippen LogP contribution is -2.22. The number of anilines is 1. The minimum atomic E-state index is -0.909. The molecule has 0 amide bonds. The molecule has 0 heterocycles. The summed E-state index contributed by atoms with van der Waals surface area (Å²) in [5.74, 6) is 0.0545. The summed E-state index contributed by atoms with van der Waals surface area (Å²) in [7, 11) is 0. The molecule has 0 fully saturated rings. The quantitative estimate of drug-likeness (QED) is 0.840. The van der Waals surface area contributed by atoms with E-state index in [1.54, 1.807) is 23.9 Å². The Balaban J connectivity index is 2.92. The van der Waals surface area contributed by atoms with Gasteiger partial charge >= 0.3 is 5.97 Å². The molecule has 0 spiro atoms. The van der Waals surface area contributed by atoms with Crippen LogP contribution in [0.25, 0.3) is 0 Å². The first-order valence-corrected chi connectivity index (χ1v) is 7.55. The zero-order valence-corrected chi connectivity index (χ0v) is 12.3. The van der Waals surface area contributed by atoms with E-state index in [1.165, 1.54) is 0 Å². The van der Waals surface area contributed by atoms with E-state index in [4.69, 9.17) is 5.11 Å². The van der Waals surface area contributed by atoms with Crippen molar-refractivity contribution >= 4 is 39.3 Å². The van der Waals surface area contributed by atoms with Gasteiger partial charge in [0.2, 0.25) is 0 Å². The third kappa shape index (κ3) is 4.24. The number of carboxylic acid groups (broad SMARTS) is 1. The highest BCUT2D eigenvalue weighted by Crippen LogP contribution is 2.22. The molecule has 0 bridgehead atoms. The van der Waals surface area contributed by atoms with Gasteiger partial charge in [-0.25, -0.2) is 4.79 Å². The second-order valence-electron chi connectivity index (χ2n) is 3.70. The molecular weight excluding hydrogens is 302 g/mol. The van der Waals surface area contributed by atoms with E-state index in [1.807, 2.05) is 12.3 Å². The molecule has 1 atom stereocenters. The molecule has 94 valence electrons. The fourth-order valence-corrected chi connectivity index (χ4v) is 2.58. The summed E-state index contributed by atoms with van der Waals surface area (Å²) in [6, 6.07) is 5.57. The van der Waals surface area contributed by atoms with Crippen LogP contribution in [0.4, 0.5) is 5.69 Å². The van der Waals surface area contributed by atoms with Crippen molar-refractivity contribution in [2.24, 2.45) is 0 Å². The molecule has 0 saturated carbocycles. The summed E-state index contributed by atoms with van der Waals surface area (Å²) in [6.45, 7) is 2.09. The summed E-state index contributed by atoms with van der Waals surface area (Å²) < 4.78 is 0.776. The molecule has 0 aliphatic heterocycles. The van der Waals surface area contributed by atoms with Gasteiger partial charge in [0, 0.05) is 22.0 Å². The Kier molecular flexibility index (Phi) is 5.85. The second kappa shape index (κ2) is 6.91. The van der Waals surface area contributed by atoms with Gasteiger partial charge in [-0.2, -0.15) is 11.8 Å². The average Bonchev–Trinajstić information content (AvgIpc) is 2.30. The van der Waals surface area contributed by atoms with Gasteiger partial charge < -0.3 is 10.4 Å². The van der Waals surface area contributed by atoms with Gasteiger partial charge in [0.25, 0.3) is 0 Å². The van der Waals surface area contributed by atoms with Crippen LogP contribution in [-0.4, -0.2) is 29.1 Å². The summed E-state index contributed by atoms with van der Waals surface area (Å²) >= 11 is 5.04. The monoisotopic (exact) mass is 317 g/mol. The van der Waals surface area contributed by atoms with Crippen molar-refractivity contribution in [2.45, 2.75) is 19.4 Å². The summed E-state index contributed by atoms with van der Waals surface area (Å²) in [5.41, 5.74) is 0.987. The number of carbonyl (C=O) groups is 1. The van der Waals surface area contributed by atoms with Crippen LogP contribution in [0, 0.1) is 0 Å². The van der Waals surface area contributed by atoms with Crippen molar-refractivity contribution in [3.63, 3.8) is 0 Å². The normalized spacial score (nSPS) is 12.2. The number of benzene rings is 1. The Bertz CT molecular complexity index is 398. The molecule has 0 aliphatic rings. The molecule has 3 nitrogen and oxygen atoms in total. The lowest BCUT2D eigenvalue weighted by atomic mass is 10.1. The Morgan fingerprint density at radius 2 is 2.29 bits per heavy atom. The Morgan fingerprint density at radius 3 is 2.82 bits per heavy atom. The van der Waals surface area contributed by atoms with Gasteiger partial charge in [-0.15, -0.1) is 0 Å². The number of aromatic carboxylic acids is 1. The molecule has 0 aliphatic carbocycles. The summed E-state index contributed by atoms with van der Waals surface area (Å²) in [4.78, 5) is 11.1. The Morgan fingerprint density at radius 1 is 1.59 bits per heavy atom. The zero-order valence-electron chi connectivity index (χ0n) is 9.87. The highest BCUT2D eigenvalue weighted by Gasteiger charge is 2.13. The van der Waals surface area contributed by atoms with Crippen LogP contribution in [0.1, 0.15) is 23.7 Å². The van der Waals surface area contributed by atoms with E-state index in [0.717, 1.165) is 16.6 Å². The summed E-state index contributed by atoms with van der Waals surface area (Å²) in [5, 5.41) is 12.4. The van der Waals surface area contributed by atoms with Crippen LogP contribution >= 0.6 is 27.7 Å². The number of nitrogens with one attached hydrogen (secondary N) is 1. The highest BCUT2D eigenvalue weighted by molar-refractivity contribution is 9.10. The van der Waals surface area contributed by atoms with E-state index < -0.39 is 5.97 Å².